The summed E-state index contributed by atoms with van der Waals surface area (Å²) in [5, 5.41) is 17.6. The summed E-state index contributed by atoms with van der Waals surface area (Å²) < 4.78 is 49.6. The van der Waals surface area contributed by atoms with Gasteiger partial charge in [-0.25, -0.2) is 4.39 Å². The first-order chi connectivity index (χ1) is 6.86. The average molecular weight is 224 g/mol. The van der Waals surface area contributed by atoms with Gasteiger partial charge in [-0.3, -0.25) is 0 Å². The molecule has 84 valence electrons. The summed E-state index contributed by atoms with van der Waals surface area (Å²) in [4.78, 5) is 0. The van der Waals surface area contributed by atoms with E-state index in [1.165, 1.54) is 0 Å². The lowest BCUT2D eigenvalue weighted by Crippen LogP contribution is -2.10. The molecule has 2 nitrogen and oxygen atoms in total. The number of halogens is 4. The molecule has 0 heterocycles. The number of rotatable bonds is 2. The van der Waals surface area contributed by atoms with Crippen LogP contribution in [0.15, 0.2) is 18.2 Å². The maximum absolute atomic E-state index is 13.0. The first-order valence-electron chi connectivity index (χ1n) is 4.02. The number of benzene rings is 1. The fraction of sp³-hybridized carbons (Fsp3) is 0.333. The molecule has 1 rings (SSSR count). The Bertz CT molecular complexity index is 348. The summed E-state index contributed by atoms with van der Waals surface area (Å²) >= 11 is 0. The van der Waals surface area contributed by atoms with Crippen molar-refractivity contribution in [3.8, 4) is 0 Å². The number of hydrogen-bond acceptors (Lipinski definition) is 2. The van der Waals surface area contributed by atoms with Gasteiger partial charge in [0.05, 0.1) is 12.2 Å². The van der Waals surface area contributed by atoms with Crippen molar-refractivity contribution in [1.29, 1.82) is 0 Å². The highest BCUT2D eigenvalue weighted by molar-refractivity contribution is 5.28. The third-order valence-corrected chi connectivity index (χ3v) is 1.86. The molecule has 1 unspecified atom stereocenters. The molecule has 2 N–H and O–H groups in total. The van der Waals surface area contributed by atoms with Crippen LogP contribution in [-0.4, -0.2) is 16.8 Å². The van der Waals surface area contributed by atoms with Crippen LogP contribution in [0.4, 0.5) is 17.6 Å². The normalized spacial score (nSPS) is 14.0. The molecule has 0 fully saturated rings. The predicted octanol–water partition coefficient (Wildman–Crippen LogP) is 1.87. The molecule has 0 aromatic heterocycles. The van der Waals surface area contributed by atoms with Gasteiger partial charge in [0.25, 0.3) is 0 Å². The van der Waals surface area contributed by atoms with Crippen LogP contribution in [0.1, 0.15) is 17.2 Å². The fourth-order valence-corrected chi connectivity index (χ4v) is 1.07. The average Bonchev–Trinajstić information content (AvgIpc) is 2.15. The predicted molar refractivity (Wildman–Crippen MR) is 43.4 cm³/mol. The Labute approximate surface area is 82.8 Å². The monoisotopic (exact) mass is 224 g/mol. The second-order valence-electron chi connectivity index (χ2n) is 2.93. The van der Waals surface area contributed by atoms with E-state index in [1.807, 2.05) is 0 Å². The maximum Gasteiger partial charge on any atom is 0.416 e. The van der Waals surface area contributed by atoms with Crippen LogP contribution < -0.4 is 0 Å². The molecule has 0 aliphatic rings. The molecule has 0 aliphatic carbocycles. The van der Waals surface area contributed by atoms with Crippen LogP contribution in [0.25, 0.3) is 0 Å². The first-order valence-corrected chi connectivity index (χ1v) is 4.02. The molecule has 0 aliphatic heterocycles. The molecule has 1 atom stereocenters. The van der Waals surface area contributed by atoms with Gasteiger partial charge >= 0.3 is 6.18 Å². The largest absolute Gasteiger partial charge is 0.416 e. The molecule has 15 heavy (non-hydrogen) atoms. The molecular weight excluding hydrogens is 216 g/mol. The van der Waals surface area contributed by atoms with Crippen molar-refractivity contribution in [2.75, 3.05) is 6.61 Å². The number of aliphatic hydroxyl groups excluding tert-OH is 2. The Morgan fingerprint density at radius 1 is 1.27 bits per heavy atom. The maximum atomic E-state index is 13.0. The standard InChI is InChI=1S/C9H8F4O2/c10-7-2-1-5(9(11,12)13)3-6(7)8(15)4-14/h1-3,8,14-15H,4H2. The van der Waals surface area contributed by atoms with Crippen LogP contribution in [0, 0.1) is 5.82 Å². The summed E-state index contributed by atoms with van der Waals surface area (Å²) in [5.74, 6) is -0.982. The van der Waals surface area contributed by atoms with E-state index in [4.69, 9.17) is 10.2 Å². The van der Waals surface area contributed by atoms with Crippen molar-refractivity contribution in [2.45, 2.75) is 12.3 Å². The van der Waals surface area contributed by atoms with E-state index in [1.54, 1.807) is 0 Å². The van der Waals surface area contributed by atoms with E-state index in [9.17, 15) is 17.6 Å². The van der Waals surface area contributed by atoms with Gasteiger partial charge in [0, 0.05) is 5.56 Å². The summed E-state index contributed by atoms with van der Waals surface area (Å²) in [6.07, 6.45) is -6.25. The molecular formula is C9H8F4O2. The molecule has 0 saturated heterocycles. The first kappa shape index (κ1) is 11.9. The summed E-state index contributed by atoms with van der Waals surface area (Å²) in [6, 6.07) is 1.66. The lowest BCUT2D eigenvalue weighted by molar-refractivity contribution is -0.137. The highest BCUT2D eigenvalue weighted by atomic mass is 19.4. The molecule has 0 amide bonds. The molecule has 1 aromatic carbocycles. The number of alkyl halides is 3. The number of hydrogen-bond donors (Lipinski definition) is 2. The van der Waals surface area contributed by atoms with Gasteiger partial charge in [-0.15, -0.1) is 0 Å². The Hall–Kier alpha value is -1.14. The summed E-state index contributed by atoms with van der Waals surface area (Å²) in [5.41, 5.74) is -1.63. The Kier molecular flexibility index (Phi) is 3.31. The van der Waals surface area contributed by atoms with E-state index in [0.29, 0.717) is 18.2 Å². The van der Waals surface area contributed by atoms with E-state index in [0.717, 1.165) is 0 Å². The molecule has 1 aromatic rings. The smallest absolute Gasteiger partial charge is 0.393 e. The van der Waals surface area contributed by atoms with Crippen molar-refractivity contribution >= 4 is 0 Å². The van der Waals surface area contributed by atoms with E-state index in [2.05, 4.69) is 0 Å². The van der Waals surface area contributed by atoms with E-state index >= 15 is 0 Å². The topological polar surface area (TPSA) is 40.5 Å². The highest BCUT2D eigenvalue weighted by Gasteiger charge is 2.31. The van der Waals surface area contributed by atoms with Crippen molar-refractivity contribution in [2.24, 2.45) is 0 Å². The van der Waals surface area contributed by atoms with Gasteiger partial charge in [-0.1, -0.05) is 0 Å². The van der Waals surface area contributed by atoms with Gasteiger partial charge in [-0.05, 0) is 18.2 Å². The van der Waals surface area contributed by atoms with Crippen molar-refractivity contribution < 1.29 is 27.8 Å². The zero-order valence-corrected chi connectivity index (χ0v) is 7.42. The summed E-state index contributed by atoms with van der Waals surface area (Å²) in [7, 11) is 0. The van der Waals surface area contributed by atoms with Gasteiger partial charge in [0.2, 0.25) is 0 Å². The van der Waals surface area contributed by atoms with Crippen molar-refractivity contribution in [3.63, 3.8) is 0 Å². The molecule has 0 saturated carbocycles. The third kappa shape index (κ3) is 2.66. The van der Waals surface area contributed by atoms with Gasteiger partial charge < -0.3 is 10.2 Å². The van der Waals surface area contributed by atoms with Gasteiger partial charge in [-0.2, -0.15) is 13.2 Å². The van der Waals surface area contributed by atoms with Crippen molar-refractivity contribution in [3.05, 3.63) is 35.1 Å². The van der Waals surface area contributed by atoms with Crippen LogP contribution in [0.5, 0.6) is 0 Å². The molecule has 0 radical (unpaired) electrons. The van der Waals surface area contributed by atoms with Crippen LogP contribution >= 0.6 is 0 Å². The molecule has 6 heteroatoms. The van der Waals surface area contributed by atoms with Gasteiger partial charge in [0.1, 0.15) is 11.9 Å². The zero-order chi connectivity index (χ0) is 11.6. The van der Waals surface area contributed by atoms with E-state index < -0.39 is 35.8 Å². The van der Waals surface area contributed by atoms with Crippen LogP contribution in [-0.2, 0) is 6.18 Å². The Morgan fingerprint density at radius 2 is 1.87 bits per heavy atom. The number of aliphatic hydroxyl groups is 2. The highest BCUT2D eigenvalue weighted by Crippen LogP contribution is 2.31. The van der Waals surface area contributed by atoms with Crippen LogP contribution in [0.3, 0.4) is 0 Å². The quantitative estimate of drug-likeness (QED) is 0.753. The fourth-order valence-electron chi connectivity index (χ4n) is 1.07. The zero-order valence-electron chi connectivity index (χ0n) is 7.42. The van der Waals surface area contributed by atoms with E-state index in [-0.39, 0.29) is 0 Å². The second-order valence-corrected chi connectivity index (χ2v) is 2.93. The Balaban J connectivity index is 3.17. The molecule has 0 bridgehead atoms. The lowest BCUT2D eigenvalue weighted by Gasteiger charge is -2.12. The van der Waals surface area contributed by atoms with Gasteiger partial charge in [0.15, 0.2) is 0 Å². The van der Waals surface area contributed by atoms with Crippen LogP contribution in [0.2, 0.25) is 0 Å². The SMILES string of the molecule is OCC(O)c1cc(C(F)(F)F)ccc1F. The minimum atomic E-state index is -4.60. The third-order valence-electron chi connectivity index (χ3n) is 1.86. The minimum absolute atomic E-state index is 0.482. The molecule has 0 spiro atoms. The lowest BCUT2D eigenvalue weighted by atomic mass is 10.1. The summed E-state index contributed by atoms with van der Waals surface area (Å²) in [6.45, 7) is -0.835. The second kappa shape index (κ2) is 4.16. The van der Waals surface area contributed by atoms with Crippen molar-refractivity contribution in [1.82, 2.24) is 0 Å². The Morgan fingerprint density at radius 3 is 2.33 bits per heavy atom. The minimum Gasteiger partial charge on any atom is -0.393 e.